The SMILES string of the molecule is CCC(C)C1NC(=O)CNC(=O)C2Cc3c([nH]c4cc(O)ccc34)S(=O)CC(NC(=O)CNC1=O)C(=O)CC(CC(N)=O)C(=O)N1CC(O)CC1C(=O)NC(C(C)C(O)COC(=O)NCCCCCCNC(=O)CCCCCCC(C)=O)C(=O)N2. The van der Waals surface area contributed by atoms with Crippen molar-refractivity contribution in [1.82, 2.24) is 52.4 Å². The number of aromatic hydroxyl groups is 1. The molecule has 2 aromatic rings. The second-order valence-corrected chi connectivity index (χ2v) is 23.6. The average molecular weight is 1210 g/mol. The smallest absolute Gasteiger partial charge is 0.407 e. The molecule has 29 heteroatoms. The molecule has 11 unspecified atom stereocenters. The maximum absolute atomic E-state index is 15.0. The molecule has 5 rings (SSSR count). The van der Waals surface area contributed by atoms with Crippen molar-refractivity contribution in [3.05, 3.63) is 23.8 Å². The van der Waals surface area contributed by atoms with Crippen LogP contribution in [-0.4, -0.2) is 188 Å². The minimum Gasteiger partial charge on any atom is -0.508 e. The molecule has 3 aliphatic rings. The lowest BCUT2D eigenvalue weighted by Gasteiger charge is -2.32. The number of aliphatic hydroxyl groups is 2. The van der Waals surface area contributed by atoms with Crippen molar-refractivity contribution in [3.63, 3.8) is 0 Å². The normalized spacial score (nSPS) is 24.2. The van der Waals surface area contributed by atoms with Gasteiger partial charge in [-0.1, -0.05) is 52.9 Å². The van der Waals surface area contributed by atoms with Gasteiger partial charge in [-0.2, -0.15) is 0 Å². The number of ketones is 2. The van der Waals surface area contributed by atoms with E-state index in [0.29, 0.717) is 45.1 Å². The lowest BCUT2D eigenvalue weighted by molar-refractivity contribution is -0.145. The number of H-pyrrole nitrogens is 1. The zero-order valence-corrected chi connectivity index (χ0v) is 49.4. The van der Waals surface area contributed by atoms with E-state index in [1.807, 2.05) is 0 Å². The highest BCUT2D eigenvalue weighted by Gasteiger charge is 2.45. The average Bonchev–Trinajstić information content (AvgIpc) is 2.49. The number of ether oxygens (including phenoxy) is 1. The van der Waals surface area contributed by atoms with Crippen LogP contribution >= 0.6 is 0 Å². The van der Waals surface area contributed by atoms with E-state index in [9.17, 15) is 77.1 Å². The van der Waals surface area contributed by atoms with Gasteiger partial charge in [0.15, 0.2) is 5.78 Å². The van der Waals surface area contributed by atoms with E-state index in [4.69, 9.17) is 10.5 Å². The topological polar surface area (TPSA) is 433 Å². The van der Waals surface area contributed by atoms with Gasteiger partial charge in [0.05, 0.1) is 59.3 Å². The Bertz CT molecular complexity index is 2790. The van der Waals surface area contributed by atoms with Crippen molar-refractivity contribution >= 4 is 92.5 Å². The molecule has 0 spiro atoms. The Hall–Kier alpha value is -7.53. The van der Waals surface area contributed by atoms with E-state index in [-0.39, 0.29) is 45.5 Å². The minimum absolute atomic E-state index is 0.0437. The monoisotopic (exact) mass is 1210 g/mol. The minimum atomic E-state index is -2.39. The second kappa shape index (κ2) is 33.2. The number of benzene rings is 1. The van der Waals surface area contributed by atoms with Gasteiger partial charge in [0, 0.05) is 75.5 Å². The van der Waals surface area contributed by atoms with Gasteiger partial charge in [0.2, 0.25) is 53.2 Å². The van der Waals surface area contributed by atoms with Crippen molar-refractivity contribution in [2.24, 2.45) is 23.5 Å². The summed E-state index contributed by atoms with van der Waals surface area (Å²) in [5, 5.41) is 53.6. The number of aliphatic hydroxyl groups excluding tert-OH is 2. The Morgan fingerprint density at radius 3 is 2.11 bits per heavy atom. The van der Waals surface area contributed by atoms with Crippen LogP contribution in [0.4, 0.5) is 4.79 Å². The molecule has 14 N–H and O–H groups in total. The van der Waals surface area contributed by atoms with Crippen LogP contribution in [0.15, 0.2) is 23.2 Å². The van der Waals surface area contributed by atoms with Gasteiger partial charge in [0.25, 0.3) is 0 Å². The number of hydrogen-bond acceptors (Lipinski definition) is 17. The molecule has 4 heterocycles. The Labute approximate surface area is 494 Å². The molecule has 1 fully saturated rings. The van der Waals surface area contributed by atoms with Crippen LogP contribution in [0.25, 0.3) is 10.9 Å². The van der Waals surface area contributed by atoms with Gasteiger partial charge in [-0.25, -0.2) is 4.79 Å². The molecular weight excluding hydrogens is 1130 g/mol. The van der Waals surface area contributed by atoms with Gasteiger partial charge in [0.1, 0.15) is 47.3 Å². The van der Waals surface area contributed by atoms with Crippen LogP contribution in [-0.2, 0) is 74.7 Å². The van der Waals surface area contributed by atoms with Crippen LogP contribution in [0, 0.1) is 17.8 Å². The highest BCUT2D eigenvalue weighted by molar-refractivity contribution is 7.85. The Morgan fingerprint density at radius 2 is 1.44 bits per heavy atom. The van der Waals surface area contributed by atoms with Crippen molar-refractivity contribution < 1.29 is 81.8 Å². The lowest BCUT2D eigenvalue weighted by atomic mass is 9.93. The second-order valence-electron chi connectivity index (χ2n) is 22.2. The van der Waals surface area contributed by atoms with E-state index in [0.717, 1.165) is 37.0 Å². The molecule has 11 atom stereocenters. The summed E-state index contributed by atoms with van der Waals surface area (Å²) >= 11 is 0. The summed E-state index contributed by atoms with van der Waals surface area (Å²) in [4.78, 5) is 167. The Kier molecular flexibility index (Phi) is 26.7. The van der Waals surface area contributed by atoms with E-state index in [2.05, 4.69) is 47.5 Å². The molecule has 1 aromatic carbocycles. The van der Waals surface area contributed by atoms with E-state index in [1.165, 1.54) is 25.1 Å². The fraction of sp³-hybridized carbons (Fsp3) is 0.643. The van der Waals surface area contributed by atoms with Crippen molar-refractivity contribution in [2.75, 3.05) is 45.1 Å². The van der Waals surface area contributed by atoms with Crippen LogP contribution in [0.5, 0.6) is 5.75 Å². The molecular formula is C56H83N11O17S. The highest BCUT2D eigenvalue weighted by Crippen LogP contribution is 2.31. The van der Waals surface area contributed by atoms with Crippen molar-refractivity contribution in [1.29, 1.82) is 0 Å². The maximum Gasteiger partial charge on any atom is 0.407 e. The van der Waals surface area contributed by atoms with Crippen LogP contribution in [0.3, 0.4) is 0 Å². The number of nitrogens with one attached hydrogen (secondary N) is 9. The fourth-order valence-corrected chi connectivity index (χ4v) is 11.7. The van der Waals surface area contributed by atoms with E-state index >= 15 is 0 Å². The first-order valence-electron chi connectivity index (χ1n) is 29.0. The molecule has 1 saturated heterocycles. The molecule has 10 amide bonds. The first kappa shape index (κ1) is 68.3. The number of alkyl carbamates (subject to hydrolysis) is 1. The maximum atomic E-state index is 15.0. The molecule has 2 bridgehead atoms. The molecule has 85 heavy (non-hydrogen) atoms. The van der Waals surface area contributed by atoms with Crippen LogP contribution in [0.1, 0.15) is 123 Å². The fourth-order valence-electron chi connectivity index (χ4n) is 10.3. The number of primary amides is 1. The Morgan fingerprint density at radius 1 is 0.788 bits per heavy atom. The largest absolute Gasteiger partial charge is 0.508 e. The number of carbonyl (C=O) groups excluding carboxylic acids is 12. The predicted molar refractivity (Wildman–Crippen MR) is 306 cm³/mol. The molecule has 0 aliphatic carbocycles. The molecule has 1 aromatic heterocycles. The van der Waals surface area contributed by atoms with Gasteiger partial charge in [-0.3, -0.25) is 52.2 Å². The number of phenolic OH excluding ortho intramolecular Hbond substituents is 1. The standard InChI is InChI=1S/C56H83N11O17S/c1-5-30(2)48-52(79)61-25-46(75)62-40-29-85(83)54-37(36-17-16-34(69)22-38(36)64-54)24-39(50(77)60-26-47(76)65-48)63-53(80)49(66-51(78)41-23-35(70)27-67(41)55(81)33(20-42(40)71)21-44(57)73)32(4)43(72)28-84-56(82)59-19-13-9-8-12-18-58-45(74)15-11-7-6-10-14-31(3)68/h16-17,22,30,32-33,35,39-41,43,48-49,64,69-70,72H,5-15,18-21,23-29H2,1-4H3,(H2,57,73)(H,58,74)(H,59,82)(H,60,77)(H,61,79)(H,62,75)(H,63,80)(H,65,76)(H,66,78). The molecule has 470 valence electrons. The zero-order valence-electron chi connectivity index (χ0n) is 48.6. The number of fused-ring (bicyclic) bond motifs is 5. The summed E-state index contributed by atoms with van der Waals surface area (Å²) < 4.78 is 20.2. The number of aromatic amines is 1. The number of unbranched alkanes of at least 4 members (excludes halogenated alkanes) is 6. The van der Waals surface area contributed by atoms with Crippen molar-refractivity contribution in [2.45, 2.75) is 171 Å². The number of Topliss-reactive ketones (excluding diaryl/α,β-unsaturated/α-hetero) is 2. The van der Waals surface area contributed by atoms with Gasteiger partial charge >= 0.3 is 6.09 Å². The number of phenols is 1. The first-order valence-corrected chi connectivity index (χ1v) is 30.3. The first-order chi connectivity index (χ1) is 40.4. The summed E-state index contributed by atoms with van der Waals surface area (Å²) in [7, 11) is -2.39. The Balaban J connectivity index is 1.44. The van der Waals surface area contributed by atoms with Crippen molar-refractivity contribution in [3.8, 4) is 5.75 Å². The predicted octanol–water partition coefficient (Wildman–Crippen LogP) is -1.49. The number of carbonyl (C=O) groups is 12. The van der Waals surface area contributed by atoms with Gasteiger partial charge in [-0.15, -0.1) is 0 Å². The van der Waals surface area contributed by atoms with Gasteiger partial charge in [-0.05, 0) is 56.2 Å². The van der Waals surface area contributed by atoms with Crippen LogP contribution in [0.2, 0.25) is 0 Å². The number of rotatable bonds is 22. The third-order valence-electron chi connectivity index (χ3n) is 15.4. The summed E-state index contributed by atoms with van der Waals surface area (Å²) in [6, 6.07) is -4.27. The number of aromatic nitrogens is 1. The number of nitrogens with zero attached hydrogens (tertiary/aromatic N) is 1. The van der Waals surface area contributed by atoms with E-state index in [1.54, 1.807) is 20.8 Å². The quantitative estimate of drug-likeness (QED) is 0.0598. The van der Waals surface area contributed by atoms with Crippen LogP contribution < -0.4 is 48.3 Å². The highest BCUT2D eigenvalue weighted by atomic mass is 32.2. The number of hydrogen-bond donors (Lipinski definition) is 13. The number of nitrogens with two attached hydrogens (primary N) is 1. The summed E-state index contributed by atoms with van der Waals surface area (Å²) in [6.45, 7) is 4.12. The van der Waals surface area contributed by atoms with Gasteiger partial charge < -0.3 is 83.0 Å². The molecule has 0 saturated carbocycles. The zero-order chi connectivity index (χ0) is 62.5. The summed E-state index contributed by atoms with van der Waals surface area (Å²) in [6.07, 6.45) is 0.635. The molecule has 3 aliphatic heterocycles. The number of amides is 10. The van der Waals surface area contributed by atoms with E-state index < -0.39 is 188 Å². The molecule has 28 nitrogen and oxygen atoms in total. The third kappa shape index (κ3) is 20.9. The third-order valence-corrected chi connectivity index (χ3v) is 16.8. The lowest BCUT2D eigenvalue weighted by Crippen LogP contribution is -2.61. The summed E-state index contributed by atoms with van der Waals surface area (Å²) in [5.74, 6) is -13.4. The summed E-state index contributed by atoms with van der Waals surface area (Å²) in [5.41, 5.74) is 5.82. The molecule has 0 radical (unpaired) electrons.